The topological polar surface area (TPSA) is 87.7 Å². The van der Waals surface area contributed by atoms with Gasteiger partial charge in [0.05, 0.1) is 21.9 Å². The lowest BCUT2D eigenvalue weighted by Gasteiger charge is -2.09. The van der Waals surface area contributed by atoms with E-state index in [-0.39, 0.29) is 17.2 Å². The van der Waals surface area contributed by atoms with Gasteiger partial charge in [-0.15, -0.1) is 22.7 Å². The van der Waals surface area contributed by atoms with Crippen molar-refractivity contribution in [3.8, 4) is 11.3 Å². The SMILES string of the molecule is O=C(CSc1nc2sc3c(c2c(=O)[nH]1)CCCC3)Nc1nc(-c2ccc(Cl)cc2Cl)cs1. The van der Waals surface area contributed by atoms with Crippen molar-refractivity contribution in [1.82, 2.24) is 15.0 Å². The lowest BCUT2D eigenvalue weighted by atomic mass is 9.97. The zero-order valence-electron chi connectivity index (χ0n) is 16.5. The number of aromatic amines is 1. The van der Waals surface area contributed by atoms with E-state index in [1.807, 2.05) is 5.38 Å². The summed E-state index contributed by atoms with van der Waals surface area (Å²) >= 11 is 16.3. The quantitative estimate of drug-likeness (QED) is 0.247. The number of carbonyl (C=O) groups excluding carboxylic acids is 1. The van der Waals surface area contributed by atoms with E-state index in [4.69, 9.17) is 23.2 Å². The molecule has 1 aliphatic rings. The van der Waals surface area contributed by atoms with E-state index in [9.17, 15) is 9.59 Å². The first-order valence-electron chi connectivity index (χ1n) is 9.86. The molecule has 1 aliphatic carbocycles. The van der Waals surface area contributed by atoms with E-state index in [1.165, 1.54) is 28.0 Å². The number of hydrogen-bond acceptors (Lipinski definition) is 7. The van der Waals surface area contributed by atoms with Crippen molar-refractivity contribution < 1.29 is 4.79 Å². The third kappa shape index (κ3) is 4.45. The molecule has 0 spiro atoms. The molecule has 3 heterocycles. The summed E-state index contributed by atoms with van der Waals surface area (Å²) in [4.78, 5) is 38.9. The number of anilines is 1. The van der Waals surface area contributed by atoms with Gasteiger partial charge in [-0.1, -0.05) is 35.0 Å². The Hall–Kier alpha value is -1.91. The van der Waals surface area contributed by atoms with Crippen LogP contribution in [0.3, 0.4) is 0 Å². The summed E-state index contributed by atoms with van der Waals surface area (Å²) in [6.45, 7) is 0. The highest BCUT2D eigenvalue weighted by Gasteiger charge is 2.20. The number of nitrogens with zero attached hydrogens (tertiary/aromatic N) is 2. The van der Waals surface area contributed by atoms with E-state index < -0.39 is 0 Å². The minimum absolute atomic E-state index is 0.107. The largest absolute Gasteiger partial charge is 0.301 e. The van der Waals surface area contributed by atoms with Crippen molar-refractivity contribution in [2.45, 2.75) is 30.8 Å². The molecule has 0 unspecified atom stereocenters. The second-order valence-electron chi connectivity index (χ2n) is 7.26. The number of carbonyl (C=O) groups is 1. The highest BCUT2D eigenvalue weighted by Crippen LogP contribution is 2.34. The lowest BCUT2D eigenvalue weighted by molar-refractivity contribution is -0.113. The number of aryl methyl sites for hydroxylation is 2. The predicted octanol–water partition coefficient (Wildman–Crippen LogP) is 6.02. The standard InChI is InChI=1S/C21H16Cl2N4O2S3/c22-10-5-6-11(13(23)7-10)14-8-30-20(24-14)25-16(28)9-31-21-26-18(29)17-12-3-1-2-4-15(12)32-19(17)27-21/h5-8H,1-4,9H2,(H,24,25,28)(H,26,27,29). The van der Waals surface area contributed by atoms with E-state index >= 15 is 0 Å². The Kier molecular flexibility index (Phi) is 6.26. The Balaban J connectivity index is 1.26. The van der Waals surface area contributed by atoms with E-state index in [0.29, 0.717) is 26.0 Å². The average molecular weight is 523 g/mol. The van der Waals surface area contributed by atoms with Crippen molar-refractivity contribution in [1.29, 1.82) is 0 Å². The van der Waals surface area contributed by atoms with Crippen LogP contribution in [0.15, 0.2) is 33.5 Å². The van der Waals surface area contributed by atoms with Crippen LogP contribution in [-0.2, 0) is 17.6 Å². The zero-order valence-corrected chi connectivity index (χ0v) is 20.5. The third-order valence-corrected chi connectivity index (χ3v) is 8.47. The molecule has 11 heteroatoms. The van der Waals surface area contributed by atoms with Gasteiger partial charge in [-0.05, 0) is 49.4 Å². The van der Waals surface area contributed by atoms with Crippen LogP contribution in [0.1, 0.15) is 23.3 Å². The predicted molar refractivity (Wildman–Crippen MR) is 134 cm³/mol. The molecule has 0 fully saturated rings. The van der Waals surface area contributed by atoms with Crippen molar-refractivity contribution in [2.24, 2.45) is 0 Å². The van der Waals surface area contributed by atoms with Crippen LogP contribution in [0, 0.1) is 0 Å². The van der Waals surface area contributed by atoms with Gasteiger partial charge in [0, 0.05) is 20.8 Å². The molecule has 2 N–H and O–H groups in total. The molecule has 3 aromatic heterocycles. The molecule has 164 valence electrons. The number of thiazole rings is 1. The van der Waals surface area contributed by atoms with E-state index in [1.54, 1.807) is 29.5 Å². The fourth-order valence-electron chi connectivity index (χ4n) is 3.65. The first-order chi connectivity index (χ1) is 15.5. The van der Waals surface area contributed by atoms with Crippen LogP contribution >= 0.6 is 57.6 Å². The first-order valence-corrected chi connectivity index (χ1v) is 13.3. The Morgan fingerprint density at radius 1 is 1.22 bits per heavy atom. The molecule has 4 aromatic rings. The Bertz CT molecular complexity index is 1400. The smallest absolute Gasteiger partial charge is 0.260 e. The number of hydrogen-bond donors (Lipinski definition) is 2. The molecule has 1 amide bonds. The lowest BCUT2D eigenvalue weighted by Crippen LogP contribution is -2.15. The van der Waals surface area contributed by atoms with E-state index in [2.05, 4.69) is 20.3 Å². The number of thioether (sulfide) groups is 1. The average Bonchev–Trinajstić information content (AvgIpc) is 3.36. The highest BCUT2D eigenvalue weighted by atomic mass is 35.5. The normalized spacial score (nSPS) is 13.3. The Morgan fingerprint density at radius 2 is 2.06 bits per heavy atom. The summed E-state index contributed by atoms with van der Waals surface area (Å²) in [5.41, 5.74) is 2.44. The van der Waals surface area contributed by atoms with Crippen LogP contribution in [0.2, 0.25) is 10.0 Å². The number of benzene rings is 1. The highest BCUT2D eigenvalue weighted by molar-refractivity contribution is 7.99. The Morgan fingerprint density at radius 3 is 2.91 bits per heavy atom. The molecule has 0 aliphatic heterocycles. The van der Waals surface area contributed by atoms with Gasteiger partial charge in [0.25, 0.3) is 5.56 Å². The summed E-state index contributed by atoms with van der Waals surface area (Å²) < 4.78 is 0. The molecule has 0 saturated carbocycles. The minimum atomic E-state index is -0.230. The van der Waals surface area contributed by atoms with Crippen molar-refractivity contribution >= 4 is 78.9 Å². The molecule has 6 nitrogen and oxygen atoms in total. The molecule has 1 aromatic carbocycles. The fraction of sp³-hybridized carbons (Fsp3) is 0.238. The van der Waals surface area contributed by atoms with Gasteiger partial charge in [0.1, 0.15) is 4.83 Å². The molecule has 0 atom stereocenters. The molecule has 0 saturated heterocycles. The number of rotatable bonds is 5. The van der Waals surface area contributed by atoms with Crippen molar-refractivity contribution in [2.75, 3.05) is 11.1 Å². The summed E-state index contributed by atoms with van der Waals surface area (Å²) in [5.74, 6) is -0.123. The van der Waals surface area contributed by atoms with Gasteiger partial charge in [-0.2, -0.15) is 0 Å². The van der Waals surface area contributed by atoms with Gasteiger partial charge in [0.2, 0.25) is 5.91 Å². The van der Waals surface area contributed by atoms with Crippen LogP contribution in [-0.4, -0.2) is 26.6 Å². The van der Waals surface area contributed by atoms with Crippen molar-refractivity contribution in [3.05, 3.63) is 54.4 Å². The molecular formula is C21H16Cl2N4O2S3. The number of fused-ring (bicyclic) bond motifs is 3. The minimum Gasteiger partial charge on any atom is -0.301 e. The number of thiophene rings is 1. The number of nitrogens with one attached hydrogen (secondary N) is 2. The third-order valence-electron chi connectivity index (χ3n) is 5.10. The van der Waals surface area contributed by atoms with Crippen LogP contribution in [0.5, 0.6) is 0 Å². The maximum Gasteiger partial charge on any atom is 0.260 e. The fourth-order valence-corrected chi connectivity index (χ4v) is 6.87. The molecule has 32 heavy (non-hydrogen) atoms. The number of halogens is 2. The maximum absolute atomic E-state index is 12.6. The van der Waals surface area contributed by atoms with Gasteiger partial charge in [-0.3, -0.25) is 9.59 Å². The summed E-state index contributed by atoms with van der Waals surface area (Å²) in [5, 5.41) is 7.29. The molecule has 0 radical (unpaired) electrons. The van der Waals surface area contributed by atoms with Gasteiger partial charge < -0.3 is 10.3 Å². The first kappa shape index (κ1) is 21.9. The molecular weight excluding hydrogens is 507 g/mol. The van der Waals surface area contributed by atoms with Gasteiger partial charge in [-0.25, -0.2) is 9.97 Å². The van der Waals surface area contributed by atoms with E-state index in [0.717, 1.165) is 47.0 Å². The second kappa shape index (κ2) is 9.15. The van der Waals surface area contributed by atoms with Crippen LogP contribution < -0.4 is 10.9 Å². The number of amides is 1. The van der Waals surface area contributed by atoms with Gasteiger partial charge in [0.15, 0.2) is 10.3 Å². The molecule has 0 bridgehead atoms. The Labute approximate surface area is 205 Å². The van der Waals surface area contributed by atoms with Crippen LogP contribution in [0.4, 0.5) is 5.13 Å². The molecule has 5 rings (SSSR count). The number of H-pyrrole nitrogens is 1. The summed E-state index contributed by atoms with van der Waals surface area (Å²) in [6, 6.07) is 5.19. The number of aromatic nitrogens is 3. The zero-order chi connectivity index (χ0) is 22.2. The van der Waals surface area contributed by atoms with Gasteiger partial charge >= 0.3 is 0 Å². The monoisotopic (exact) mass is 522 g/mol. The summed E-state index contributed by atoms with van der Waals surface area (Å²) in [7, 11) is 0. The second-order valence-corrected chi connectivity index (χ2v) is 11.0. The van der Waals surface area contributed by atoms with Crippen LogP contribution in [0.25, 0.3) is 21.5 Å². The summed E-state index contributed by atoms with van der Waals surface area (Å²) in [6.07, 6.45) is 4.21. The van der Waals surface area contributed by atoms with Crippen molar-refractivity contribution in [3.63, 3.8) is 0 Å². The maximum atomic E-state index is 12.6.